The van der Waals surface area contributed by atoms with E-state index in [1.54, 1.807) is 59.6 Å². The van der Waals surface area contributed by atoms with E-state index in [1.165, 1.54) is 0 Å². The molecule has 1 saturated heterocycles. The maximum atomic E-state index is 14.2. The first-order valence-electron chi connectivity index (χ1n) is 17.0. The molecule has 0 spiro atoms. The molecule has 0 bridgehead atoms. The summed E-state index contributed by atoms with van der Waals surface area (Å²) in [5, 5.41) is 3.68. The van der Waals surface area contributed by atoms with E-state index in [2.05, 4.69) is 10.3 Å². The number of rotatable bonds is 12. The molecule has 13 heteroatoms. The third kappa shape index (κ3) is 8.38. The number of Topliss-reactive ketones (excluding diaryl/α,β-unsaturated/α-hetero) is 2. The summed E-state index contributed by atoms with van der Waals surface area (Å²) in [5.74, 6) is -0.935. The predicted molar refractivity (Wildman–Crippen MR) is 180 cm³/mol. The third-order valence-corrected chi connectivity index (χ3v) is 11.3. The molecule has 264 valence electrons. The van der Waals surface area contributed by atoms with Crippen LogP contribution in [0, 0.1) is 17.8 Å². The molecule has 2 heterocycles. The van der Waals surface area contributed by atoms with Crippen LogP contribution in [0.1, 0.15) is 97.0 Å². The fourth-order valence-electron chi connectivity index (χ4n) is 7.36. The van der Waals surface area contributed by atoms with Gasteiger partial charge in [0.15, 0.2) is 5.78 Å². The van der Waals surface area contributed by atoms with Crippen molar-refractivity contribution >= 4 is 42.1 Å². The highest BCUT2D eigenvalue weighted by Crippen LogP contribution is 2.55. The number of nitrogens with zero attached hydrogens (tertiary/aromatic N) is 1. The van der Waals surface area contributed by atoms with Gasteiger partial charge < -0.3 is 19.9 Å². The van der Waals surface area contributed by atoms with Gasteiger partial charge in [0.1, 0.15) is 29.9 Å². The molecule has 2 aliphatic carbocycles. The minimum Gasteiger partial charge on any atom is -0.496 e. The summed E-state index contributed by atoms with van der Waals surface area (Å²) in [6, 6.07) is 5.36. The van der Waals surface area contributed by atoms with Crippen LogP contribution in [0.2, 0.25) is 0 Å². The second-order valence-corrected chi connectivity index (χ2v) is 16.8. The highest BCUT2D eigenvalue weighted by molar-refractivity contribution is 7.48. The molecule has 1 aliphatic heterocycles. The van der Waals surface area contributed by atoms with E-state index in [-0.39, 0.29) is 29.9 Å². The van der Waals surface area contributed by atoms with Gasteiger partial charge in [0.05, 0.1) is 24.4 Å². The number of phosphoric ester groups is 1. The molecule has 5 atom stereocenters. The van der Waals surface area contributed by atoms with Crippen LogP contribution in [0.5, 0.6) is 5.75 Å². The van der Waals surface area contributed by atoms with Crippen molar-refractivity contribution in [2.24, 2.45) is 17.8 Å². The zero-order valence-corrected chi connectivity index (χ0v) is 30.0. The summed E-state index contributed by atoms with van der Waals surface area (Å²) in [4.78, 5) is 59.5. The van der Waals surface area contributed by atoms with Crippen LogP contribution < -0.4 is 10.1 Å². The van der Waals surface area contributed by atoms with E-state index in [0.29, 0.717) is 37.3 Å². The molecule has 2 N–H and O–H groups in total. The zero-order chi connectivity index (χ0) is 35.0. The van der Waals surface area contributed by atoms with Crippen LogP contribution in [-0.2, 0) is 32.5 Å². The Balaban J connectivity index is 1.38. The first-order chi connectivity index (χ1) is 22.5. The Kier molecular flexibility index (Phi) is 10.6. The van der Waals surface area contributed by atoms with E-state index in [9.17, 15) is 23.7 Å². The SMILES string of the molecule is COc1cccc2[nH]c(C(=O)N3C[C@@H]4CCC[C@@H]4[C@H]3C(=O)N[C@@H](C[C@@H]3CCCC3=O)C(=O)COP(=O)(OC(C)(C)C)OC(C)(C)C)cc12. The van der Waals surface area contributed by atoms with E-state index in [0.717, 1.165) is 30.2 Å². The Labute approximate surface area is 282 Å². The molecule has 2 saturated carbocycles. The molecular formula is C35H50N3O9P. The normalized spacial score (nSPS) is 23.8. The summed E-state index contributed by atoms with van der Waals surface area (Å²) < 4.78 is 36.1. The maximum Gasteiger partial charge on any atom is 0.476 e. The lowest BCUT2D eigenvalue weighted by Gasteiger charge is -2.31. The highest BCUT2D eigenvalue weighted by Gasteiger charge is 2.50. The number of amides is 2. The van der Waals surface area contributed by atoms with Crippen LogP contribution in [0.15, 0.2) is 24.3 Å². The van der Waals surface area contributed by atoms with Crippen LogP contribution >= 0.6 is 7.82 Å². The number of ketones is 2. The molecule has 48 heavy (non-hydrogen) atoms. The predicted octanol–water partition coefficient (Wildman–Crippen LogP) is 5.99. The highest BCUT2D eigenvalue weighted by atomic mass is 31.2. The van der Waals surface area contributed by atoms with Crippen LogP contribution in [0.4, 0.5) is 0 Å². The lowest BCUT2D eigenvalue weighted by molar-refractivity contribution is -0.133. The number of carbonyl (C=O) groups excluding carboxylic acids is 4. The Morgan fingerprint density at radius 2 is 1.75 bits per heavy atom. The van der Waals surface area contributed by atoms with Crippen LogP contribution in [0.25, 0.3) is 10.9 Å². The van der Waals surface area contributed by atoms with E-state index in [1.807, 2.05) is 18.2 Å². The quantitative estimate of drug-likeness (QED) is 0.257. The van der Waals surface area contributed by atoms with Crippen molar-refractivity contribution in [3.63, 3.8) is 0 Å². The van der Waals surface area contributed by atoms with E-state index >= 15 is 0 Å². The second kappa shape index (κ2) is 14.1. The van der Waals surface area contributed by atoms with Crippen molar-refractivity contribution in [2.45, 2.75) is 110 Å². The number of hydrogen-bond acceptors (Lipinski definition) is 9. The fraction of sp³-hybridized carbons (Fsp3) is 0.657. The number of aromatic nitrogens is 1. The molecule has 12 nitrogen and oxygen atoms in total. The largest absolute Gasteiger partial charge is 0.496 e. The van der Waals surface area contributed by atoms with Crippen molar-refractivity contribution in [3.8, 4) is 5.75 Å². The molecule has 2 aromatic rings. The van der Waals surface area contributed by atoms with Gasteiger partial charge in [-0.2, -0.15) is 0 Å². The summed E-state index contributed by atoms with van der Waals surface area (Å²) in [6.07, 6.45) is 4.49. The van der Waals surface area contributed by atoms with Gasteiger partial charge in [0.25, 0.3) is 5.91 Å². The Hall–Kier alpha value is -3.05. The summed E-state index contributed by atoms with van der Waals surface area (Å²) in [5.41, 5.74) is -0.716. The van der Waals surface area contributed by atoms with Crippen molar-refractivity contribution < 1.29 is 42.1 Å². The lowest BCUT2D eigenvalue weighted by Crippen LogP contribution is -2.53. The standard InChI is InChI=1S/C35H50N3O9P/c1-34(2,3)46-48(43,47-35(4,5)6)45-20-29(40)26(17-21-11-9-15-28(21)39)37-32(41)31-23-13-8-12-22(23)19-38(31)33(42)27-18-24-25(36-27)14-10-16-30(24)44-7/h10,14,16,18,21-23,26,31,36H,8-9,11-13,15,17,19-20H2,1-7H3,(H,37,41)/t21-,22-,23-,26-,31-/m0/s1. The first kappa shape index (κ1) is 36.2. The topological polar surface area (TPSA) is 153 Å². The number of aromatic amines is 1. The monoisotopic (exact) mass is 687 g/mol. The molecule has 2 amide bonds. The van der Waals surface area contributed by atoms with Gasteiger partial charge in [-0.25, -0.2) is 4.57 Å². The summed E-state index contributed by atoms with van der Waals surface area (Å²) >= 11 is 0. The van der Waals surface area contributed by atoms with Gasteiger partial charge in [0, 0.05) is 29.8 Å². The zero-order valence-electron chi connectivity index (χ0n) is 29.1. The first-order valence-corrected chi connectivity index (χ1v) is 18.4. The van der Waals surface area contributed by atoms with Crippen molar-refractivity contribution in [1.82, 2.24) is 15.2 Å². The second-order valence-electron chi connectivity index (χ2n) is 15.3. The van der Waals surface area contributed by atoms with Crippen molar-refractivity contribution in [2.75, 3.05) is 20.3 Å². The van der Waals surface area contributed by atoms with E-state index in [4.69, 9.17) is 18.3 Å². The molecule has 0 unspecified atom stereocenters. The number of ether oxygens (including phenoxy) is 1. The number of carbonyl (C=O) groups is 4. The summed E-state index contributed by atoms with van der Waals surface area (Å²) in [6.45, 7) is 9.95. The lowest BCUT2D eigenvalue weighted by atomic mass is 9.91. The van der Waals surface area contributed by atoms with Crippen molar-refractivity contribution in [1.29, 1.82) is 0 Å². The molecule has 0 radical (unpaired) electrons. The smallest absolute Gasteiger partial charge is 0.476 e. The van der Waals surface area contributed by atoms with Crippen molar-refractivity contribution in [3.05, 3.63) is 30.0 Å². The number of hydrogen-bond donors (Lipinski definition) is 2. The maximum absolute atomic E-state index is 14.2. The number of phosphoric acid groups is 1. The molecule has 3 fully saturated rings. The third-order valence-electron chi connectivity index (χ3n) is 9.29. The minimum absolute atomic E-state index is 0.0449. The number of likely N-dealkylation sites (tertiary alicyclic amines) is 1. The molecule has 1 aromatic heterocycles. The van der Waals surface area contributed by atoms with Gasteiger partial charge in [-0.15, -0.1) is 0 Å². The Morgan fingerprint density at radius 1 is 1.04 bits per heavy atom. The number of methoxy groups -OCH3 is 1. The minimum atomic E-state index is -4.21. The van der Waals surface area contributed by atoms with Crippen LogP contribution in [-0.4, -0.2) is 76.8 Å². The number of benzene rings is 1. The van der Waals surface area contributed by atoms with E-state index < -0.39 is 55.3 Å². The average molecular weight is 688 g/mol. The number of H-pyrrole nitrogens is 1. The molecular weight excluding hydrogens is 637 g/mol. The summed E-state index contributed by atoms with van der Waals surface area (Å²) in [7, 11) is -2.64. The van der Waals surface area contributed by atoms with Gasteiger partial charge in [-0.3, -0.25) is 32.7 Å². The Bertz CT molecular complexity index is 1570. The van der Waals surface area contributed by atoms with Gasteiger partial charge in [0.2, 0.25) is 5.91 Å². The van der Waals surface area contributed by atoms with Gasteiger partial charge >= 0.3 is 7.82 Å². The number of fused-ring (bicyclic) bond motifs is 2. The average Bonchev–Trinajstić information content (AvgIpc) is 3.77. The van der Waals surface area contributed by atoms with Gasteiger partial charge in [-0.1, -0.05) is 12.5 Å². The number of nitrogens with one attached hydrogen (secondary N) is 2. The van der Waals surface area contributed by atoms with Gasteiger partial charge in [-0.05, 0) is 104 Å². The molecule has 1 aromatic carbocycles. The Morgan fingerprint density at radius 3 is 2.38 bits per heavy atom. The fourth-order valence-corrected chi connectivity index (χ4v) is 9.13. The molecule has 5 rings (SSSR count). The molecule has 3 aliphatic rings. The van der Waals surface area contributed by atoms with Crippen LogP contribution in [0.3, 0.4) is 0 Å².